The SMILES string of the molecule is Cc1cc(-c2ccc(Cl)cc2)n(-c2ccccc2)c(=S)n1. The average Bonchev–Trinajstić information content (AvgIpc) is 2.48. The minimum atomic E-state index is 0.547. The van der Waals surface area contributed by atoms with E-state index in [1.54, 1.807) is 0 Å². The Labute approximate surface area is 133 Å². The fourth-order valence-corrected chi connectivity index (χ4v) is 2.73. The third-order valence-corrected chi connectivity index (χ3v) is 3.73. The van der Waals surface area contributed by atoms with Crippen molar-refractivity contribution in [1.29, 1.82) is 0 Å². The van der Waals surface area contributed by atoms with Crippen molar-refractivity contribution in [2.24, 2.45) is 0 Å². The zero-order chi connectivity index (χ0) is 14.8. The summed E-state index contributed by atoms with van der Waals surface area (Å²) in [6.07, 6.45) is 0. The molecule has 0 saturated heterocycles. The van der Waals surface area contributed by atoms with Crippen LogP contribution in [0.25, 0.3) is 16.9 Å². The Morgan fingerprint density at radius 3 is 2.33 bits per heavy atom. The van der Waals surface area contributed by atoms with Gasteiger partial charge in [-0.3, -0.25) is 4.57 Å². The van der Waals surface area contributed by atoms with Crippen LogP contribution in [0.5, 0.6) is 0 Å². The summed E-state index contributed by atoms with van der Waals surface area (Å²) in [6, 6.07) is 19.8. The summed E-state index contributed by atoms with van der Waals surface area (Å²) in [6.45, 7) is 1.95. The monoisotopic (exact) mass is 312 g/mol. The van der Waals surface area contributed by atoms with Gasteiger partial charge in [-0.25, -0.2) is 4.98 Å². The molecule has 0 amide bonds. The van der Waals surface area contributed by atoms with E-state index in [-0.39, 0.29) is 0 Å². The fraction of sp³-hybridized carbons (Fsp3) is 0.0588. The first-order valence-corrected chi connectivity index (χ1v) is 7.36. The molecule has 0 bridgehead atoms. The number of benzene rings is 2. The van der Waals surface area contributed by atoms with Gasteiger partial charge in [0.05, 0.1) is 5.69 Å². The van der Waals surface area contributed by atoms with Crippen LogP contribution < -0.4 is 0 Å². The molecule has 0 saturated carbocycles. The normalized spacial score (nSPS) is 10.6. The molecule has 0 atom stereocenters. The second kappa shape index (κ2) is 5.80. The molecule has 0 aliphatic carbocycles. The second-order valence-corrected chi connectivity index (χ2v) is 5.54. The first-order valence-electron chi connectivity index (χ1n) is 6.57. The molecule has 0 aliphatic heterocycles. The number of rotatable bonds is 2. The van der Waals surface area contributed by atoms with Gasteiger partial charge in [0.15, 0.2) is 0 Å². The number of hydrogen-bond donors (Lipinski definition) is 0. The van der Waals surface area contributed by atoms with Gasteiger partial charge in [0.25, 0.3) is 0 Å². The summed E-state index contributed by atoms with van der Waals surface area (Å²) >= 11 is 11.4. The van der Waals surface area contributed by atoms with Gasteiger partial charge in [-0.05, 0) is 55.0 Å². The van der Waals surface area contributed by atoms with Gasteiger partial charge >= 0.3 is 0 Å². The van der Waals surface area contributed by atoms with Crippen LogP contribution in [0.3, 0.4) is 0 Å². The van der Waals surface area contributed by atoms with Crippen molar-refractivity contribution < 1.29 is 0 Å². The molecule has 0 aliphatic rings. The molecule has 3 aromatic rings. The first kappa shape index (κ1) is 14.0. The lowest BCUT2D eigenvalue weighted by Crippen LogP contribution is -2.04. The summed E-state index contributed by atoms with van der Waals surface area (Å²) in [7, 11) is 0. The lowest BCUT2D eigenvalue weighted by Gasteiger charge is -2.14. The van der Waals surface area contributed by atoms with E-state index in [9.17, 15) is 0 Å². The Morgan fingerprint density at radius 1 is 1.00 bits per heavy atom. The zero-order valence-corrected chi connectivity index (χ0v) is 13.0. The first-order chi connectivity index (χ1) is 10.1. The molecular formula is C17H13ClN2S. The number of halogens is 1. The Kier molecular flexibility index (Phi) is 3.86. The molecule has 0 fully saturated rings. The predicted octanol–water partition coefficient (Wildman–Crippen LogP) is 5.23. The quantitative estimate of drug-likeness (QED) is 0.603. The molecule has 0 radical (unpaired) electrons. The third kappa shape index (κ3) is 2.89. The zero-order valence-electron chi connectivity index (χ0n) is 11.5. The Balaban J connectivity index is 2.29. The van der Waals surface area contributed by atoms with E-state index < -0.39 is 0 Å². The molecule has 21 heavy (non-hydrogen) atoms. The van der Waals surface area contributed by atoms with E-state index in [2.05, 4.69) is 4.98 Å². The topological polar surface area (TPSA) is 17.8 Å². The van der Waals surface area contributed by atoms with E-state index in [1.165, 1.54) is 0 Å². The van der Waals surface area contributed by atoms with Crippen molar-refractivity contribution in [1.82, 2.24) is 9.55 Å². The van der Waals surface area contributed by atoms with Crippen molar-refractivity contribution >= 4 is 23.8 Å². The van der Waals surface area contributed by atoms with Crippen LogP contribution >= 0.6 is 23.8 Å². The van der Waals surface area contributed by atoms with Crippen LogP contribution in [0.4, 0.5) is 0 Å². The highest BCUT2D eigenvalue weighted by molar-refractivity contribution is 7.71. The van der Waals surface area contributed by atoms with Crippen molar-refractivity contribution in [2.75, 3.05) is 0 Å². The van der Waals surface area contributed by atoms with Crippen LogP contribution in [-0.2, 0) is 0 Å². The summed E-state index contributed by atoms with van der Waals surface area (Å²) in [5, 5.41) is 0.717. The van der Waals surface area contributed by atoms with Crippen molar-refractivity contribution in [3.8, 4) is 16.9 Å². The summed E-state index contributed by atoms with van der Waals surface area (Å²) in [5.41, 5.74) is 3.97. The molecule has 2 aromatic carbocycles. The highest BCUT2D eigenvalue weighted by Crippen LogP contribution is 2.25. The molecule has 2 nitrogen and oxygen atoms in total. The molecule has 0 unspecified atom stereocenters. The van der Waals surface area contributed by atoms with E-state index in [0.29, 0.717) is 4.77 Å². The number of aromatic nitrogens is 2. The van der Waals surface area contributed by atoms with Gasteiger partial charge in [-0.1, -0.05) is 41.9 Å². The summed E-state index contributed by atoms with van der Waals surface area (Å²) in [4.78, 5) is 4.41. The molecule has 4 heteroatoms. The van der Waals surface area contributed by atoms with Crippen LogP contribution in [0, 0.1) is 11.7 Å². The highest BCUT2D eigenvalue weighted by atomic mass is 35.5. The van der Waals surface area contributed by atoms with Gasteiger partial charge in [0, 0.05) is 16.4 Å². The van der Waals surface area contributed by atoms with E-state index >= 15 is 0 Å². The second-order valence-electron chi connectivity index (χ2n) is 4.74. The van der Waals surface area contributed by atoms with Crippen LogP contribution in [0.2, 0.25) is 5.02 Å². The standard InChI is InChI=1S/C17H13ClN2S/c1-12-11-16(13-7-9-14(18)10-8-13)20(17(21)19-12)15-5-3-2-4-6-15/h2-11H,1H3. The Morgan fingerprint density at radius 2 is 1.67 bits per heavy atom. The smallest absolute Gasteiger partial charge is 0.204 e. The predicted molar refractivity (Wildman–Crippen MR) is 89.6 cm³/mol. The van der Waals surface area contributed by atoms with Gasteiger partial charge in [-0.15, -0.1) is 0 Å². The average molecular weight is 313 g/mol. The maximum Gasteiger partial charge on any atom is 0.204 e. The maximum atomic E-state index is 5.98. The maximum absolute atomic E-state index is 5.98. The fourth-order valence-electron chi connectivity index (χ4n) is 2.26. The van der Waals surface area contributed by atoms with Crippen LogP contribution in [-0.4, -0.2) is 9.55 Å². The molecular weight excluding hydrogens is 300 g/mol. The third-order valence-electron chi connectivity index (χ3n) is 3.20. The summed E-state index contributed by atoms with van der Waals surface area (Å²) < 4.78 is 2.53. The lowest BCUT2D eigenvalue weighted by atomic mass is 10.1. The minimum Gasteiger partial charge on any atom is -0.285 e. The van der Waals surface area contributed by atoms with Gasteiger partial charge in [-0.2, -0.15) is 0 Å². The Hall–Kier alpha value is -1.97. The summed E-state index contributed by atoms with van der Waals surface area (Å²) in [5.74, 6) is 0. The Bertz CT molecular complexity index is 824. The molecule has 104 valence electrons. The van der Waals surface area contributed by atoms with Gasteiger partial charge in [0.2, 0.25) is 4.77 Å². The number of aryl methyl sites for hydroxylation is 1. The molecule has 1 aromatic heterocycles. The van der Waals surface area contributed by atoms with Crippen molar-refractivity contribution in [2.45, 2.75) is 6.92 Å². The van der Waals surface area contributed by atoms with Crippen molar-refractivity contribution in [3.63, 3.8) is 0 Å². The molecule has 3 rings (SSSR count). The minimum absolute atomic E-state index is 0.547. The van der Waals surface area contributed by atoms with E-state index in [1.807, 2.05) is 72.2 Å². The van der Waals surface area contributed by atoms with Crippen molar-refractivity contribution in [3.05, 3.63) is 76.2 Å². The van der Waals surface area contributed by atoms with Gasteiger partial charge < -0.3 is 0 Å². The number of para-hydroxylation sites is 1. The van der Waals surface area contributed by atoms with Gasteiger partial charge in [0.1, 0.15) is 0 Å². The van der Waals surface area contributed by atoms with Crippen LogP contribution in [0.1, 0.15) is 5.69 Å². The lowest BCUT2D eigenvalue weighted by molar-refractivity contribution is 0.943. The van der Waals surface area contributed by atoms with E-state index in [0.717, 1.165) is 27.7 Å². The largest absolute Gasteiger partial charge is 0.285 e. The molecule has 0 N–H and O–H groups in total. The highest BCUT2D eigenvalue weighted by Gasteiger charge is 2.08. The number of nitrogens with zero attached hydrogens (tertiary/aromatic N) is 2. The van der Waals surface area contributed by atoms with E-state index in [4.69, 9.17) is 23.8 Å². The van der Waals surface area contributed by atoms with Crippen LogP contribution in [0.15, 0.2) is 60.7 Å². The molecule has 1 heterocycles. The molecule has 0 spiro atoms. The number of hydrogen-bond acceptors (Lipinski definition) is 2.